The van der Waals surface area contributed by atoms with Crippen molar-refractivity contribution in [1.29, 1.82) is 0 Å². The van der Waals surface area contributed by atoms with Gasteiger partial charge in [-0.3, -0.25) is 4.79 Å². The monoisotopic (exact) mass is 448 g/mol. The molecule has 1 amide bonds. The smallest absolute Gasteiger partial charge is 0.244 e. The third kappa shape index (κ3) is 4.31. The normalized spacial score (nSPS) is 15.3. The van der Waals surface area contributed by atoms with E-state index in [1.54, 1.807) is 19.1 Å². The summed E-state index contributed by atoms with van der Waals surface area (Å²) in [5, 5.41) is 2.68. The van der Waals surface area contributed by atoms with Crippen LogP contribution in [-0.4, -0.2) is 41.3 Å². The topological polar surface area (TPSA) is 84.3 Å². The number of hydrogen-bond acceptors (Lipinski definition) is 4. The minimum Gasteiger partial charge on any atom is -0.324 e. The van der Waals surface area contributed by atoms with Crippen LogP contribution in [0.25, 0.3) is 11.0 Å². The summed E-state index contributed by atoms with van der Waals surface area (Å²) in [6.45, 7) is 2.50. The molecule has 4 rings (SSSR count). The fourth-order valence-electron chi connectivity index (χ4n) is 3.73. The fraction of sp³-hybridized carbons (Fsp3) is 0.333. The first-order valence-corrected chi connectivity index (χ1v) is 11.4. The van der Waals surface area contributed by atoms with E-state index in [2.05, 4.69) is 10.3 Å². The molecule has 3 aromatic rings. The molecule has 0 aliphatic carbocycles. The number of nitrogens with zero attached hydrogens (tertiary/aromatic N) is 3. The number of amides is 1. The zero-order valence-corrected chi connectivity index (χ0v) is 17.8. The van der Waals surface area contributed by atoms with Gasteiger partial charge in [0.2, 0.25) is 15.9 Å². The van der Waals surface area contributed by atoms with Gasteiger partial charge < -0.3 is 9.88 Å². The number of benzene rings is 2. The number of anilines is 1. The molecular formula is C21H22F2N4O3S. The van der Waals surface area contributed by atoms with E-state index in [4.69, 9.17) is 0 Å². The molecule has 164 valence electrons. The van der Waals surface area contributed by atoms with E-state index in [0.29, 0.717) is 24.3 Å². The number of hydrogen-bond donors (Lipinski definition) is 1. The summed E-state index contributed by atoms with van der Waals surface area (Å²) in [6.07, 6.45) is 4.00. The van der Waals surface area contributed by atoms with Crippen molar-refractivity contribution in [2.45, 2.75) is 37.6 Å². The molecule has 0 radical (unpaired) electrons. The molecule has 1 saturated heterocycles. The van der Waals surface area contributed by atoms with E-state index in [-0.39, 0.29) is 22.5 Å². The van der Waals surface area contributed by atoms with Gasteiger partial charge in [0.15, 0.2) is 11.6 Å². The number of aromatic nitrogens is 2. The van der Waals surface area contributed by atoms with Crippen LogP contribution in [-0.2, 0) is 21.4 Å². The Labute approximate surface area is 178 Å². The molecule has 0 bridgehead atoms. The van der Waals surface area contributed by atoms with Crippen LogP contribution in [0.2, 0.25) is 0 Å². The molecule has 2 aromatic carbocycles. The van der Waals surface area contributed by atoms with Crippen LogP contribution in [0.15, 0.2) is 41.6 Å². The average molecular weight is 448 g/mol. The number of fused-ring (bicyclic) bond motifs is 1. The van der Waals surface area contributed by atoms with E-state index in [0.717, 1.165) is 31.4 Å². The molecule has 7 nitrogen and oxygen atoms in total. The van der Waals surface area contributed by atoms with Crippen LogP contribution in [0.5, 0.6) is 0 Å². The summed E-state index contributed by atoms with van der Waals surface area (Å²) < 4.78 is 55.9. The van der Waals surface area contributed by atoms with Crippen LogP contribution >= 0.6 is 0 Å². The molecule has 0 unspecified atom stereocenters. The maximum atomic E-state index is 13.6. The van der Waals surface area contributed by atoms with Gasteiger partial charge in [0, 0.05) is 30.9 Å². The second kappa shape index (κ2) is 8.35. The number of carbonyl (C=O) groups is 1. The van der Waals surface area contributed by atoms with Gasteiger partial charge in [-0.05, 0) is 37.5 Å². The molecule has 2 heterocycles. The first-order valence-electron chi connectivity index (χ1n) is 9.96. The predicted molar refractivity (Wildman–Crippen MR) is 112 cm³/mol. The van der Waals surface area contributed by atoms with Crippen LogP contribution < -0.4 is 5.32 Å². The summed E-state index contributed by atoms with van der Waals surface area (Å²) in [7, 11) is -3.65. The summed E-state index contributed by atoms with van der Waals surface area (Å²) in [4.78, 5) is 16.7. The number of rotatable bonds is 5. The van der Waals surface area contributed by atoms with Crippen molar-refractivity contribution in [2.24, 2.45) is 0 Å². The molecule has 1 fully saturated rings. The van der Waals surface area contributed by atoms with Crippen molar-refractivity contribution in [3.05, 3.63) is 53.9 Å². The van der Waals surface area contributed by atoms with Crippen LogP contribution in [0.4, 0.5) is 14.5 Å². The summed E-state index contributed by atoms with van der Waals surface area (Å²) in [5.41, 5.74) is 1.46. The molecule has 1 N–H and O–H groups in total. The predicted octanol–water partition coefficient (Wildman–Crippen LogP) is 3.44. The Morgan fingerprint density at radius 1 is 1.10 bits per heavy atom. The lowest BCUT2D eigenvalue weighted by molar-refractivity contribution is -0.116. The Hall–Kier alpha value is -2.85. The third-order valence-electron chi connectivity index (χ3n) is 5.38. The Kier molecular flexibility index (Phi) is 5.76. The highest BCUT2D eigenvalue weighted by atomic mass is 32.2. The molecule has 1 aromatic heterocycles. The van der Waals surface area contributed by atoms with Crippen LogP contribution in [0.1, 0.15) is 24.8 Å². The zero-order valence-electron chi connectivity index (χ0n) is 16.9. The first kappa shape index (κ1) is 21.4. The summed E-state index contributed by atoms with van der Waals surface area (Å²) in [5.74, 6) is -2.49. The van der Waals surface area contributed by atoms with Crippen molar-refractivity contribution in [2.75, 3.05) is 18.4 Å². The van der Waals surface area contributed by atoms with E-state index >= 15 is 0 Å². The van der Waals surface area contributed by atoms with E-state index < -0.39 is 27.6 Å². The number of carbonyl (C=O) groups excluding carboxylic acids is 1. The minimum absolute atomic E-state index is 0.165. The number of halogens is 2. The summed E-state index contributed by atoms with van der Waals surface area (Å²) in [6, 6.07) is 6.69. The van der Waals surface area contributed by atoms with Gasteiger partial charge in [-0.2, -0.15) is 4.31 Å². The van der Waals surface area contributed by atoms with Gasteiger partial charge in [0.1, 0.15) is 6.54 Å². The highest BCUT2D eigenvalue weighted by molar-refractivity contribution is 7.89. The lowest BCUT2D eigenvalue weighted by Gasteiger charge is -2.26. The minimum atomic E-state index is -3.65. The number of piperidine rings is 1. The number of sulfonamides is 1. The molecular weight excluding hydrogens is 426 g/mol. The zero-order chi connectivity index (χ0) is 22.2. The van der Waals surface area contributed by atoms with Crippen molar-refractivity contribution in [3.63, 3.8) is 0 Å². The lowest BCUT2D eigenvalue weighted by Crippen LogP contribution is -2.36. The van der Waals surface area contributed by atoms with Crippen molar-refractivity contribution < 1.29 is 22.0 Å². The Morgan fingerprint density at radius 3 is 2.55 bits per heavy atom. The maximum absolute atomic E-state index is 13.6. The molecule has 0 atom stereocenters. The Balaban J connectivity index is 1.54. The third-order valence-corrected chi connectivity index (χ3v) is 7.42. The highest BCUT2D eigenvalue weighted by Gasteiger charge is 2.27. The van der Waals surface area contributed by atoms with E-state index in [9.17, 15) is 22.0 Å². The Morgan fingerprint density at radius 2 is 1.81 bits per heavy atom. The van der Waals surface area contributed by atoms with Crippen molar-refractivity contribution in [3.8, 4) is 0 Å². The van der Waals surface area contributed by atoms with Crippen molar-refractivity contribution >= 4 is 32.7 Å². The number of imidazole rings is 1. The van der Waals surface area contributed by atoms with Crippen LogP contribution in [0.3, 0.4) is 0 Å². The molecule has 0 spiro atoms. The molecule has 10 heteroatoms. The molecule has 1 aliphatic rings. The van der Waals surface area contributed by atoms with Gasteiger partial charge in [0.05, 0.1) is 22.3 Å². The molecule has 0 saturated carbocycles. The maximum Gasteiger partial charge on any atom is 0.244 e. The average Bonchev–Trinajstić information content (AvgIpc) is 3.11. The van der Waals surface area contributed by atoms with Gasteiger partial charge in [-0.1, -0.05) is 12.5 Å². The SMILES string of the molecule is Cc1ccc(NC(=O)Cn2cnc3cc(F)c(F)cc32)cc1S(=O)(=O)N1CCCCC1. The highest BCUT2D eigenvalue weighted by Crippen LogP contribution is 2.26. The quantitative estimate of drug-likeness (QED) is 0.648. The second-order valence-electron chi connectivity index (χ2n) is 7.62. The van der Waals surface area contributed by atoms with E-state index in [1.807, 2.05) is 0 Å². The van der Waals surface area contributed by atoms with Gasteiger partial charge >= 0.3 is 0 Å². The first-order chi connectivity index (χ1) is 14.8. The fourth-order valence-corrected chi connectivity index (χ4v) is 5.50. The van der Waals surface area contributed by atoms with E-state index in [1.165, 1.54) is 21.3 Å². The number of aryl methyl sites for hydroxylation is 1. The standard InChI is InChI=1S/C21H22F2N4O3S/c1-14-5-6-15(9-20(14)31(29,30)27-7-3-2-4-8-27)25-21(28)12-26-13-24-18-10-16(22)17(23)11-19(18)26/h5-6,9-11,13H,2-4,7-8,12H2,1H3,(H,25,28). The lowest BCUT2D eigenvalue weighted by atomic mass is 10.2. The Bertz CT molecular complexity index is 1250. The molecule has 31 heavy (non-hydrogen) atoms. The second-order valence-corrected chi connectivity index (χ2v) is 9.53. The largest absolute Gasteiger partial charge is 0.324 e. The number of nitrogens with one attached hydrogen (secondary N) is 1. The molecule has 1 aliphatic heterocycles. The summed E-state index contributed by atoms with van der Waals surface area (Å²) >= 11 is 0. The van der Waals surface area contributed by atoms with Crippen LogP contribution in [0, 0.1) is 18.6 Å². The van der Waals surface area contributed by atoms with Crippen molar-refractivity contribution in [1.82, 2.24) is 13.9 Å². The van der Waals surface area contributed by atoms with Gasteiger partial charge in [-0.15, -0.1) is 0 Å². The van der Waals surface area contributed by atoms with Gasteiger partial charge in [-0.25, -0.2) is 22.2 Å². The van der Waals surface area contributed by atoms with Gasteiger partial charge in [0.25, 0.3) is 0 Å².